The number of amides is 2. The van der Waals surface area contributed by atoms with Gasteiger partial charge in [-0.3, -0.25) is 14.5 Å². The van der Waals surface area contributed by atoms with Crippen molar-refractivity contribution in [1.82, 2.24) is 14.8 Å². The molecule has 3 heterocycles. The van der Waals surface area contributed by atoms with Crippen LogP contribution in [0.1, 0.15) is 33.9 Å². The van der Waals surface area contributed by atoms with Crippen molar-refractivity contribution in [2.45, 2.75) is 12.5 Å². The van der Waals surface area contributed by atoms with E-state index in [0.29, 0.717) is 62.0 Å². The van der Waals surface area contributed by atoms with E-state index in [0.717, 1.165) is 5.56 Å². The molecule has 0 bridgehead atoms. The van der Waals surface area contributed by atoms with Gasteiger partial charge in [-0.05, 0) is 47.5 Å². The van der Waals surface area contributed by atoms with Gasteiger partial charge in [-0.1, -0.05) is 30.3 Å². The fourth-order valence-electron chi connectivity index (χ4n) is 5.32. The molecule has 9 nitrogen and oxygen atoms in total. The molecule has 3 aromatic rings. The minimum Gasteiger partial charge on any atom is -0.454 e. The van der Waals surface area contributed by atoms with Gasteiger partial charge in [0, 0.05) is 32.6 Å². The lowest BCUT2D eigenvalue weighted by atomic mass is 9.98. The highest BCUT2D eigenvalue weighted by Crippen LogP contribution is 2.39. The van der Waals surface area contributed by atoms with E-state index in [2.05, 4.69) is 10.0 Å². The Kier molecular flexibility index (Phi) is 8.11. The maximum Gasteiger partial charge on any atom is 0.262 e. The number of carbonyl (C=O) groups is 2. The summed E-state index contributed by atoms with van der Waals surface area (Å²) in [6.45, 7) is 3.12. The molecule has 1 saturated heterocycles. The lowest BCUT2D eigenvalue weighted by molar-refractivity contribution is -0.133. The van der Waals surface area contributed by atoms with Crippen LogP contribution < -0.4 is 9.47 Å². The number of hydrogen-bond acceptors (Lipinski definition) is 7. The van der Waals surface area contributed by atoms with Crippen molar-refractivity contribution in [2.24, 2.45) is 5.10 Å². The van der Waals surface area contributed by atoms with Gasteiger partial charge < -0.3 is 19.1 Å². The minimum atomic E-state index is -0.651. The number of ether oxygens (including phenoxy) is 3. The van der Waals surface area contributed by atoms with E-state index in [-0.39, 0.29) is 31.3 Å². The fourth-order valence-corrected chi connectivity index (χ4v) is 5.32. The molecular formula is C31H30F2N4O5. The van der Waals surface area contributed by atoms with Crippen LogP contribution in [0.4, 0.5) is 8.78 Å². The second-order valence-electron chi connectivity index (χ2n) is 10.3. The molecule has 2 amide bonds. The summed E-state index contributed by atoms with van der Waals surface area (Å²) in [5.74, 6) is -0.851. The van der Waals surface area contributed by atoms with Gasteiger partial charge in [-0.25, -0.2) is 13.8 Å². The molecule has 42 heavy (non-hydrogen) atoms. The summed E-state index contributed by atoms with van der Waals surface area (Å²) < 4.78 is 44.7. The molecule has 11 heteroatoms. The number of rotatable bonds is 8. The molecule has 0 aromatic heterocycles. The molecule has 0 unspecified atom stereocenters. The predicted molar refractivity (Wildman–Crippen MR) is 149 cm³/mol. The van der Waals surface area contributed by atoms with Crippen LogP contribution >= 0.6 is 0 Å². The van der Waals surface area contributed by atoms with E-state index >= 15 is 0 Å². The average molecular weight is 577 g/mol. The first-order chi connectivity index (χ1) is 20.5. The Morgan fingerprint density at radius 2 is 1.71 bits per heavy atom. The highest BCUT2D eigenvalue weighted by Gasteiger charge is 2.36. The van der Waals surface area contributed by atoms with Crippen molar-refractivity contribution in [1.29, 1.82) is 0 Å². The second kappa shape index (κ2) is 12.3. The summed E-state index contributed by atoms with van der Waals surface area (Å²) >= 11 is 0. The number of fused-ring (bicyclic) bond motifs is 1. The van der Waals surface area contributed by atoms with Crippen LogP contribution in [0.15, 0.2) is 71.8 Å². The third kappa shape index (κ3) is 5.97. The molecule has 3 aliphatic heterocycles. The van der Waals surface area contributed by atoms with E-state index in [1.807, 2.05) is 12.1 Å². The van der Waals surface area contributed by atoms with E-state index in [4.69, 9.17) is 14.2 Å². The normalized spacial score (nSPS) is 18.2. The first-order valence-electron chi connectivity index (χ1n) is 13.9. The summed E-state index contributed by atoms with van der Waals surface area (Å²) in [4.78, 5) is 31.0. The number of morpholine rings is 1. The van der Waals surface area contributed by atoms with Crippen molar-refractivity contribution >= 4 is 17.5 Å². The summed E-state index contributed by atoms with van der Waals surface area (Å²) in [5, 5.41) is 6.03. The zero-order valence-corrected chi connectivity index (χ0v) is 22.9. The minimum absolute atomic E-state index is 0.100. The predicted octanol–water partition coefficient (Wildman–Crippen LogP) is 3.85. The first kappa shape index (κ1) is 27.8. The van der Waals surface area contributed by atoms with Gasteiger partial charge in [0.25, 0.3) is 11.8 Å². The molecule has 0 spiro atoms. The maximum absolute atomic E-state index is 14.7. The Hall–Kier alpha value is -4.35. The molecule has 0 radical (unpaired) electrons. The molecule has 218 valence electrons. The van der Waals surface area contributed by atoms with Crippen LogP contribution in [-0.2, 0) is 9.53 Å². The molecular weight excluding hydrogens is 546 g/mol. The van der Waals surface area contributed by atoms with Gasteiger partial charge in [0.15, 0.2) is 11.5 Å². The highest BCUT2D eigenvalue weighted by atomic mass is 19.1. The van der Waals surface area contributed by atoms with Crippen LogP contribution in [0.25, 0.3) is 0 Å². The van der Waals surface area contributed by atoms with Crippen molar-refractivity contribution in [3.05, 3.63) is 95.1 Å². The smallest absolute Gasteiger partial charge is 0.262 e. The lowest BCUT2D eigenvalue weighted by Crippen LogP contribution is -2.46. The second-order valence-corrected chi connectivity index (χ2v) is 10.3. The zero-order valence-electron chi connectivity index (χ0n) is 22.9. The molecule has 6 rings (SSSR count). The van der Waals surface area contributed by atoms with Crippen molar-refractivity contribution in [2.75, 3.05) is 52.7 Å². The summed E-state index contributed by atoms with van der Waals surface area (Å²) in [6, 6.07) is 16.6. The van der Waals surface area contributed by atoms with Crippen LogP contribution in [0.2, 0.25) is 0 Å². The standard InChI is InChI=1S/C31H30F2N4O5/c32-23-8-5-21(6-9-23)26-18-27(22-7-10-28-29(17-22)42-20-41-28)37(34-26)30(38)19-36(12-11-35-13-15-40-16-14-35)31(39)24-3-1-2-4-25(24)33/h1-10,17,27H,11-16,18-20H2/t27-/m1/s1. The SMILES string of the molecule is O=C(c1ccccc1F)N(CCN1CCOCC1)CC(=O)N1N=C(c2ccc(F)cc2)C[C@@H]1c1ccc2c(c1)OCO2. The Morgan fingerprint density at radius 3 is 2.50 bits per heavy atom. The number of halogens is 2. The molecule has 1 fully saturated rings. The summed E-state index contributed by atoms with van der Waals surface area (Å²) in [6.07, 6.45) is 0.367. The topological polar surface area (TPSA) is 83.9 Å². The monoisotopic (exact) mass is 576 g/mol. The van der Waals surface area contributed by atoms with Gasteiger partial charge in [0.2, 0.25) is 6.79 Å². The van der Waals surface area contributed by atoms with E-state index in [1.54, 1.807) is 24.3 Å². The quantitative estimate of drug-likeness (QED) is 0.405. The van der Waals surface area contributed by atoms with Crippen LogP contribution in [0.3, 0.4) is 0 Å². The van der Waals surface area contributed by atoms with Gasteiger partial charge in [0.1, 0.15) is 18.2 Å². The Balaban J connectivity index is 1.28. The number of nitrogens with zero attached hydrogens (tertiary/aromatic N) is 4. The largest absolute Gasteiger partial charge is 0.454 e. The van der Waals surface area contributed by atoms with Crippen molar-refractivity contribution in [3.8, 4) is 11.5 Å². The van der Waals surface area contributed by atoms with Gasteiger partial charge in [-0.15, -0.1) is 0 Å². The molecule has 0 saturated carbocycles. The Labute approximate surface area is 241 Å². The van der Waals surface area contributed by atoms with E-state index < -0.39 is 23.7 Å². The Bertz CT molecular complexity index is 1490. The van der Waals surface area contributed by atoms with Crippen LogP contribution in [0, 0.1) is 11.6 Å². The molecule has 0 aliphatic carbocycles. The first-order valence-corrected chi connectivity index (χ1v) is 13.9. The number of hydrogen-bond donors (Lipinski definition) is 0. The Morgan fingerprint density at radius 1 is 0.952 bits per heavy atom. The number of carbonyl (C=O) groups excluding carboxylic acids is 2. The molecule has 1 atom stereocenters. The van der Waals surface area contributed by atoms with Crippen molar-refractivity contribution < 1.29 is 32.6 Å². The van der Waals surface area contributed by atoms with Crippen molar-refractivity contribution in [3.63, 3.8) is 0 Å². The lowest BCUT2D eigenvalue weighted by Gasteiger charge is -2.31. The fraction of sp³-hybridized carbons (Fsp3) is 0.323. The number of benzene rings is 3. The summed E-state index contributed by atoms with van der Waals surface area (Å²) in [5.41, 5.74) is 1.96. The molecule has 0 N–H and O–H groups in total. The summed E-state index contributed by atoms with van der Waals surface area (Å²) in [7, 11) is 0. The molecule has 3 aliphatic rings. The maximum atomic E-state index is 14.7. The van der Waals surface area contributed by atoms with Gasteiger partial charge in [-0.2, -0.15) is 5.10 Å². The van der Waals surface area contributed by atoms with Gasteiger partial charge >= 0.3 is 0 Å². The van der Waals surface area contributed by atoms with E-state index in [1.165, 1.54) is 40.2 Å². The average Bonchev–Trinajstić information content (AvgIpc) is 3.67. The highest BCUT2D eigenvalue weighted by molar-refractivity contribution is 6.03. The zero-order chi connectivity index (χ0) is 29.1. The van der Waals surface area contributed by atoms with Crippen LogP contribution in [-0.4, -0.2) is 85.1 Å². The van der Waals surface area contributed by atoms with E-state index in [9.17, 15) is 18.4 Å². The molecule has 3 aromatic carbocycles. The third-order valence-corrected chi connectivity index (χ3v) is 7.63. The van der Waals surface area contributed by atoms with Crippen LogP contribution in [0.5, 0.6) is 11.5 Å². The van der Waals surface area contributed by atoms with Gasteiger partial charge in [0.05, 0.1) is 30.5 Å². The third-order valence-electron chi connectivity index (χ3n) is 7.63. The number of hydrazone groups is 1.